The molecule has 0 fully saturated rings. The Morgan fingerprint density at radius 2 is 2.36 bits per heavy atom. The van der Waals surface area contributed by atoms with Gasteiger partial charge < -0.3 is 4.90 Å². The molecule has 0 saturated heterocycles. The Bertz CT molecular complexity index is 183. The third kappa shape index (κ3) is 1.53. The van der Waals surface area contributed by atoms with Crippen LogP contribution in [-0.2, 0) is 4.79 Å². The number of hydrogen-bond acceptors (Lipinski definition) is 4. The van der Waals surface area contributed by atoms with Gasteiger partial charge >= 0.3 is 0 Å². The van der Waals surface area contributed by atoms with Gasteiger partial charge in [0.05, 0.1) is 16.1 Å². The second kappa shape index (κ2) is 3.21. The van der Waals surface area contributed by atoms with Crippen molar-refractivity contribution in [1.82, 2.24) is 8.93 Å². The lowest BCUT2D eigenvalue weighted by molar-refractivity contribution is -0.113. The fourth-order valence-electron chi connectivity index (χ4n) is 0.915. The first-order valence-corrected chi connectivity index (χ1v) is 4.09. The van der Waals surface area contributed by atoms with Crippen LogP contribution >= 0.6 is 16.1 Å². The van der Waals surface area contributed by atoms with Gasteiger partial charge in [0.1, 0.15) is 6.34 Å². The van der Waals surface area contributed by atoms with Crippen molar-refractivity contribution in [2.24, 2.45) is 5.10 Å². The lowest BCUT2D eigenvalue weighted by Gasteiger charge is -2.25. The summed E-state index contributed by atoms with van der Waals surface area (Å²) in [5, 5.41) is 3.91. The molecule has 1 aliphatic rings. The second-order valence-corrected chi connectivity index (χ2v) is 3.34. The average molecular weight is 220 g/mol. The molecule has 1 heterocycles. The molecule has 11 heavy (non-hydrogen) atoms. The maximum Gasteiger partial charge on any atom is 0.187 e. The first kappa shape index (κ1) is 8.52. The van der Waals surface area contributed by atoms with Gasteiger partial charge in [-0.2, -0.15) is 9.14 Å². The number of halogens is 1. The standard InChI is InChI=1S/C6H10BrN3O/c1-5(2)9-4-8-10(7)6(9)3-11/h3-6H,1-2H3. The largest absolute Gasteiger partial charge is 0.330 e. The van der Waals surface area contributed by atoms with Crippen molar-refractivity contribution in [1.29, 1.82) is 0 Å². The summed E-state index contributed by atoms with van der Waals surface area (Å²) in [6, 6.07) is 0.288. The molecule has 1 rings (SSSR count). The van der Waals surface area contributed by atoms with E-state index in [0.717, 1.165) is 6.29 Å². The van der Waals surface area contributed by atoms with Crippen LogP contribution in [0.4, 0.5) is 0 Å². The summed E-state index contributed by atoms with van der Waals surface area (Å²) in [4.78, 5) is 12.4. The molecule has 0 aromatic carbocycles. The average Bonchev–Trinajstić information content (AvgIpc) is 2.30. The predicted octanol–water partition coefficient (Wildman–Crippen LogP) is 0.791. The van der Waals surface area contributed by atoms with Crippen LogP contribution < -0.4 is 0 Å². The molecule has 4 nitrogen and oxygen atoms in total. The molecule has 0 aromatic rings. The van der Waals surface area contributed by atoms with Crippen molar-refractivity contribution in [3.8, 4) is 0 Å². The van der Waals surface area contributed by atoms with Gasteiger partial charge in [-0.3, -0.25) is 4.79 Å². The summed E-state index contributed by atoms with van der Waals surface area (Å²) < 4.78 is 1.46. The number of nitrogens with zero attached hydrogens (tertiary/aromatic N) is 3. The van der Waals surface area contributed by atoms with Gasteiger partial charge in [0.15, 0.2) is 12.5 Å². The minimum atomic E-state index is -0.296. The zero-order valence-corrected chi connectivity index (χ0v) is 8.02. The van der Waals surface area contributed by atoms with Gasteiger partial charge in [-0.15, -0.1) is 0 Å². The molecule has 1 aliphatic heterocycles. The summed E-state index contributed by atoms with van der Waals surface area (Å²) in [7, 11) is 0. The summed E-state index contributed by atoms with van der Waals surface area (Å²) in [5.74, 6) is 0. The molecule has 0 spiro atoms. The van der Waals surface area contributed by atoms with Crippen LogP contribution in [0.2, 0.25) is 0 Å². The lowest BCUT2D eigenvalue weighted by Crippen LogP contribution is -2.41. The molecular formula is C6H10BrN3O. The molecule has 0 N–H and O–H groups in total. The van der Waals surface area contributed by atoms with Crippen molar-refractivity contribution < 1.29 is 4.79 Å². The Morgan fingerprint density at radius 3 is 2.73 bits per heavy atom. The van der Waals surface area contributed by atoms with Crippen LogP contribution in [0.5, 0.6) is 0 Å². The van der Waals surface area contributed by atoms with Crippen molar-refractivity contribution in [3.63, 3.8) is 0 Å². The second-order valence-electron chi connectivity index (χ2n) is 2.61. The van der Waals surface area contributed by atoms with Crippen LogP contribution in [0.1, 0.15) is 13.8 Å². The van der Waals surface area contributed by atoms with Gasteiger partial charge in [0.2, 0.25) is 0 Å². The summed E-state index contributed by atoms with van der Waals surface area (Å²) >= 11 is 3.14. The molecule has 5 heteroatoms. The van der Waals surface area contributed by atoms with Crippen LogP contribution in [0.3, 0.4) is 0 Å². The van der Waals surface area contributed by atoms with E-state index < -0.39 is 0 Å². The minimum absolute atomic E-state index is 0.288. The number of aldehydes is 1. The van der Waals surface area contributed by atoms with E-state index in [1.807, 2.05) is 18.7 Å². The third-order valence-electron chi connectivity index (χ3n) is 1.54. The number of hydrogen-bond donors (Lipinski definition) is 0. The Labute approximate surface area is 74.2 Å². The zero-order chi connectivity index (χ0) is 8.43. The first-order chi connectivity index (χ1) is 5.16. The van der Waals surface area contributed by atoms with Crippen LogP contribution in [0.25, 0.3) is 0 Å². The van der Waals surface area contributed by atoms with E-state index in [1.165, 1.54) is 4.03 Å². The fraction of sp³-hybridized carbons (Fsp3) is 0.667. The molecule has 0 radical (unpaired) electrons. The first-order valence-electron chi connectivity index (χ1n) is 3.38. The van der Waals surface area contributed by atoms with Crippen molar-refractivity contribution >= 4 is 28.8 Å². The number of hydrazone groups is 1. The predicted molar refractivity (Wildman–Crippen MR) is 46.1 cm³/mol. The number of carbonyl (C=O) groups excluding carboxylic acids is 1. The molecule has 1 unspecified atom stereocenters. The highest BCUT2D eigenvalue weighted by molar-refractivity contribution is 9.07. The fourth-order valence-corrected chi connectivity index (χ4v) is 1.30. The topological polar surface area (TPSA) is 35.9 Å². The number of carbonyl (C=O) groups is 1. The van der Waals surface area contributed by atoms with Crippen LogP contribution in [-0.4, -0.2) is 33.8 Å². The molecule has 1 atom stereocenters. The van der Waals surface area contributed by atoms with E-state index >= 15 is 0 Å². The zero-order valence-electron chi connectivity index (χ0n) is 6.44. The van der Waals surface area contributed by atoms with Gasteiger partial charge in [0, 0.05) is 6.04 Å². The van der Waals surface area contributed by atoms with E-state index in [-0.39, 0.29) is 12.2 Å². The quantitative estimate of drug-likeness (QED) is 0.509. The highest BCUT2D eigenvalue weighted by Gasteiger charge is 2.27. The van der Waals surface area contributed by atoms with E-state index in [9.17, 15) is 4.79 Å². The van der Waals surface area contributed by atoms with Crippen molar-refractivity contribution in [2.45, 2.75) is 26.1 Å². The van der Waals surface area contributed by atoms with E-state index in [1.54, 1.807) is 6.34 Å². The Hall–Kier alpha value is -0.580. The molecular weight excluding hydrogens is 210 g/mol. The molecule has 0 aliphatic carbocycles. The van der Waals surface area contributed by atoms with Gasteiger partial charge in [-0.1, -0.05) is 0 Å². The molecule has 62 valence electrons. The molecule has 0 aromatic heterocycles. The molecule has 0 saturated carbocycles. The van der Waals surface area contributed by atoms with Gasteiger partial charge in [0.25, 0.3) is 0 Å². The minimum Gasteiger partial charge on any atom is -0.330 e. The Balaban J connectivity index is 2.68. The van der Waals surface area contributed by atoms with E-state index in [4.69, 9.17) is 0 Å². The summed E-state index contributed by atoms with van der Waals surface area (Å²) in [6.45, 7) is 4.02. The monoisotopic (exact) mass is 219 g/mol. The SMILES string of the molecule is CC(C)N1C=NN(Br)C1C=O. The summed E-state index contributed by atoms with van der Waals surface area (Å²) in [6.07, 6.45) is 2.20. The van der Waals surface area contributed by atoms with Crippen molar-refractivity contribution in [3.05, 3.63) is 0 Å². The smallest absolute Gasteiger partial charge is 0.187 e. The Kier molecular flexibility index (Phi) is 2.49. The maximum absolute atomic E-state index is 10.5. The molecule has 0 amide bonds. The summed E-state index contributed by atoms with van der Waals surface area (Å²) in [5.41, 5.74) is 0. The highest BCUT2D eigenvalue weighted by Crippen LogP contribution is 2.16. The number of rotatable bonds is 2. The van der Waals surface area contributed by atoms with Crippen LogP contribution in [0, 0.1) is 0 Å². The van der Waals surface area contributed by atoms with E-state index in [0.29, 0.717) is 0 Å². The van der Waals surface area contributed by atoms with Crippen molar-refractivity contribution in [2.75, 3.05) is 0 Å². The normalized spacial score (nSPS) is 23.5. The van der Waals surface area contributed by atoms with Crippen LogP contribution in [0.15, 0.2) is 5.10 Å². The van der Waals surface area contributed by atoms with Gasteiger partial charge in [-0.25, -0.2) is 0 Å². The van der Waals surface area contributed by atoms with E-state index in [2.05, 4.69) is 21.2 Å². The highest BCUT2D eigenvalue weighted by atomic mass is 79.9. The third-order valence-corrected chi connectivity index (χ3v) is 2.14. The lowest BCUT2D eigenvalue weighted by atomic mass is 10.3. The Morgan fingerprint density at radius 1 is 1.73 bits per heavy atom. The molecule has 0 bridgehead atoms. The maximum atomic E-state index is 10.5. The van der Waals surface area contributed by atoms with Gasteiger partial charge in [-0.05, 0) is 13.8 Å².